The quantitative estimate of drug-likeness (QED) is 0.135. The van der Waals surface area contributed by atoms with Crippen LogP contribution in [0.25, 0.3) is 0 Å². The number of halogens is 3. The third-order valence-corrected chi connectivity index (χ3v) is 8.44. The van der Waals surface area contributed by atoms with Crippen molar-refractivity contribution in [2.45, 2.75) is 141 Å². The summed E-state index contributed by atoms with van der Waals surface area (Å²) in [5, 5.41) is 22.4. The Balaban J connectivity index is 0.000000875. The first-order valence-corrected chi connectivity index (χ1v) is 19.9. The van der Waals surface area contributed by atoms with Crippen LogP contribution in [0.1, 0.15) is 104 Å². The van der Waals surface area contributed by atoms with Gasteiger partial charge in [0.15, 0.2) is 17.3 Å². The average Bonchev–Trinajstić information content (AvgIpc) is 3.30. The Labute approximate surface area is 364 Å². The summed E-state index contributed by atoms with van der Waals surface area (Å²) < 4.78 is 45.1. The van der Waals surface area contributed by atoms with Gasteiger partial charge in [-0.25, -0.2) is 18.2 Å². The predicted molar refractivity (Wildman–Crippen MR) is 220 cm³/mol. The lowest BCUT2D eigenvalue weighted by atomic mass is 10.0. The van der Waals surface area contributed by atoms with E-state index >= 15 is 0 Å². The highest BCUT2D eigenvalue weighted by molar-refractivity contribution is 5.99. The van der Waals surface area contributed by atoms with Gasteiger partial charge < -0.3 is 42.2 Å². The zero-order valence-corrected chi connectivity index (χ0v) is 36.8. The second kappa shape index (κ2) is 27.7. The number of hydrogen-bond donors (Lipinski definition) is 6. The fourth-order valence-electron chi connectivity index (χ4n) is 5.37. The average molecular weight is 905 g/mol. The van der Waals surface area contributed by atoms with Gasteiger partial charge in [-0.3, -0.25) is 48.2 Å². The summed E-state index contributed by atoms with van der Waals surface area (Å²) in [7, 11) is 0. The van der Waals surface area contributed by atoms with Crippen molar-refractivity contribution < 1.29 is 76.0 Å². The number of carbonyl (C=O) groups excluding carboxylic acids is 8. The third kappa shape index (κ3) is 23.1. The molecule has 0 aromatic heterocycles. The molecule has 9 N–H and O–H groups in total. The zero-order chi connectivity index (χ0) is 48.8. The maximum absolute atomic E-state index is 13.0. The molecule has 4 unspecified atom stereocenters. The Morgan fingerprint density at radius 3 is 1.75 bits per heavy atom. The van der Waals surface area contributed by atoms with Crippen molar-refractivity contribution in [2.24, 2.45) is 17.2 Å². The number of carbonyl (C=O) groups is 9. The van der Waals surface area contributed by atoms with Crippen molar-refractivity contribution in [3.8, 4) is 0 Å². The number of carboxylic acid groups (broad SMARTS) is 1. The fraction of sp³-hybridized carbons (Fsp3) is 0.634. The Morgan fingerprint density at radius 1 is 0.810 bits per heavy atom. The number of fused-ring (bicyclic) bond motifs is 1. The Kier molecular flexibility index (Phi) is 25.3. The molecular weight excluding hydrogens is 841 g/mol. The number of nitrogens with zero attached hydrogens (tertiary/aromatic N) is 2. The Morgan fingerprint density at radius 2 is 1.30 bits per heavy atom. The predicted octanol–water partition coefficient (Wildman–Crippen LogP) is 1.19. The largest absolute Gasteiger partial charge is 0.481 e. The van der Waals surface area contributed by atoms with E-state index in [4.69, 9.17) is 36.9 Å². The van der Waals surface area contributed by atoms with Crippen LogP contribution < -0.4 is 22.5 Å². The van der Waals surface area contributed by atoms with Gasteiger partial charge in [0.2, 0.25) is 5.91 Å². The van der Waals surface area contributed by atoms with Crippen molar-refractivity contribution in [3.63, 3.8) is 0 Å². The number of alkyl halides is 3. The molecule has 2 aliphatic heterocycles. The number of amides is 3. The number of esters is 2. The number of ether oxygens (including phenoxy) is 2. The number of hydrogen-bond acceptors (Lipinski definition) is 15. The van der Waals surface area contributed by atoms with Crippen molar-refractivity contribution in [1.82, 2.24) is 15.3 Å². The number of carboxylic acids is 1. The number of nitrogens with two attached hydrogens (primary N) is 3. The number of nitrogens with one attached hydrogen (secondary N) is 1. The van der Waals surface area contributed by atoms with E-state index in [9.17, 15) is 56.3 Å². The van der Waals surface area contributed by atoms with Gasteiger partial charge >= 0.3 is 17.9 Å². The van der Waals surface area contributed by atoms with Crippen LogP contribution >= 0.6 is 0 Å². The van der Waals surface area contributed by atoms with E-state index in [1.54, 1.807) is 71.9 Å². The molecule has 2 aliphatic rings. The van der Waals surface area contributed by atoms with Gasteiger partial charge in [0.25, 0.3) is 11.8 Å². The minimum Gasteiger partial charge on any atom is -0.481 e. The minimum atomic E-state index is -1.30. The van der Waals surface area contributed by atoms with Gasteiger partial charge in [-0.1, -0.05) is 18.2 Å². The summed E-state index contributed by atoms with van der Waals surface area (Å²) in [6, 6.07) is 3.93. The van der Waals surface area contributed by atoms with Gasteiger partial charge in [-0.15, -0.1) is 0 Å². The summed E-state index contributed by atoms with van der Waals surface area (Å²) >= 11 is 0. The lowest BCUT2D eigenvalue weighted by Crippen LogP contribution is -2.61. The molecule has 0 radical (unpaired) electrons. The molecule has 22 heteroatoms. The maximum atomic E-state index is 13.0. The van der Waals surface area contributed by atoms with Crippen molar-refractivity contribution in [2.75, 3.05) is 26.6 Å². The number of aliphatic hydroxyl groups is 1. The van der Waals surface area contributed by atoms with Crippen LogP contribution in [0, 0.1) is 0 Å². The topological polar surface area (TPSA) is 309 Å². The molecule has 63 heavy (non-hydrogen) atoms. The van der Waals surface area contributed by atoms with Gasteiger partial charge in [0, 0.05) is 24.6 Å². The normalized spacial score (nSPS) is 18.0. The lowest BCUT2D eigenvalue weighted by molar-refractivity contribution is -0.175. The first-order chi connectivity index (χ1) is 29.1. The molecular formula is C41H63F3N6O13. The number of ketones is 3. The SMILES string of the molecule is CC(=O)[C@@H]1CCCN2C(=O)CC[C@H](NC(=O)c3ccccc3)C(=O)N12.CC(C)(C)OC(=O)CC(N)C(=O)CF.CC(C)(C)OC(=O)CC(N)C(O)CF.NC(CC(=O)O)C(=O)CF. The first kappa shape index (κ1) is 57.7. The molecule has 1 aromatic rings. The van der Waals surface area contributed by atoms with Gasteiger partial charge in [-0.05, 0) is 79.9 Å². The molecule has 3 rings (SSSR count). The second-order valence-electron chi connectivity index (χ2n) is 16.4. The third-order valence-electron chi connectivity index (χ3n) is 8.44. The molecule has 0 spiro atoms. The molecule has 356 valence electrons. The summed E-state index contributed by atoms with van der Waals surface area (Å²) in [5.41, 5.74) is 14.8. The summed E-state index contributed by atoms with van der Waals surface area (Å²) in [6.45, 7) is 8.82. The molecule has 1 aromatic carbocycles. The highest BCUT2D eigenvalue weighted by Gasteiger charge is 2.43. The van der Waals surface area contributed by atoms with E-state index in [1.165, 1.54) is 16.9 Å². The fourth-order valence-corrected chi connectivity index (χ4v) is 5.37. The highest BCUT2D eigenvalue weighted by atomic mass is 19.1. The van der Waals surface area contributed by atoms with E-state index in [1.807, 2.05) is 0 Å². The van der Waals surface area contributed by atoms with Crippen LogP contribution in [0.2, 0.25) is 0 Å². The zero-order valence-electron chi connectivity index (χ0n) is 36.8. The van der Waals surface area contributed by atoms with E-state index in [0.29, 0.717) is 24.9 Å². The summed E-state index contributed by atoms with van der Waals surface area (Å²) in [5.74, 6) is -5.07. The summed E-state index contributed by atoms with van der Waals surface area (Å²) in [6.07, 6.45) is -0.668. The molecule has 3 amide bonds. The molecule has 0 aliphatic carbocycles. The van der Waals surface area contributed by atoms with E-state index < -0.39 is 109 Å². The van der Waals surface area contributed by atoms with E-state index in [0.717, 1.165) is 0 Å². The van der Waals surface area contributed by atoms with Crippen LogP contribution in [0.3, 0.4) is 0 Å². The number of rotatable bonds is 15. The van der Waals surface area contributed by atoms with Crippen LogP contribution in [-0.4, -0.2) is 147 Å². The standard InChI is InChI=1S/C18H21N3O4.C9H18FNO3.C9H16FNO3.C5H8FNO3/c1-12(22)15-8-5-11-20-16(23)10-9-14(18(25)21(15)20)19-17(24)13-6-3-2-4-7-13;2*1-9(2,3)14-8(13)4-6(11)7(12)5-10;6-2-4(8)3(7)1-5(9)10/h2-4,6-7,14-15H,5,8-11H2,1H3,(H,19,24);6-7,12H,4-5,11H2,1-3H3;6H,4-5,11H2,1-3H3;3H,1-2,7H2,(H,9,10)/t14-,15-;;;/m0.../s1. The Hall–Kier alpha value is -5.32. The number of benzene rings is 1. The van der Waals surface area contributed by atoms with Crippen LogP contribution in [0.15, 0.2) is 30.3 Å². The first-order valence-electron chi connectivity index (χ1n) is 19.9. The smallest absolute Gasteiger partial charge is 0.308 e. The number of Topliss-reactive ketones (excluding diaryl/α,β-unsaturated/α-hetero) is 3. The van der Waals surface area contributed by atoms with Gasteiger partial charge in [0.05, 0.1) is 37.5 Å². The highest BCUT2D eigenvalue weighted by Crippen LogP contribution is 2.25. The molecule has 0 bridgehead atoms. The molecule has 19 nitrogen and oxygen atoms in total. The van der Waals surface area contributed by atoms with E-state index in [-0.39, 0.29) is 43.3 Å². The molecule has 0 saturated carbocycles. The lowest BCUT2D eigenvalue weighted by Gasteiger charge is -2.42. The van der Waals surface area contributed by atoms with Crippen LogP contribution in [-0.2, 0) is 47.8 Å². The van der Waals surface area contributed by atoms with Crippen molar-refractivity contribution >= 4 is 53.0 Å². The van der Waals surface area contributed by atoms with Gasteiger partial charge in [-0.2, -0.15) is 0 Å². The van der Waals surface area contributed by atoms with Crippen molar-refractivity contribution in [3.05, 3.63) is 35.9 Å². The van der Waals surface area contributed by atoms with Crippen molar-refractivity contribution in [1.29, 1.82) is 0 Å². The van der Waals surface area contributed by atoms with Crippen LogP contribution in [0.5, 0.6) is 0 Å². The van der Waals surface area contributed by atoms with Crippen LogP contribution in [0.4, 0.5) is 13.2 Å². The maximum Gasteiger partial charge on any atom is 0.308 e. The summed E-state index contributed by atoms with van der Waals surface area (Å²) in [4.78, 5) is 103. The molecule has 6 atom stereocenters. The monoisotopic (exact) mass is 904 g/mol. The van der Waals surface area contributed by atoms with E-state index in [2.05, 4.69) is 5.32 Å². The Bertz CT molecular complexity index is 1710. The second-order valence-corrected chi connectivity index (χ2v) is 16.4. The number of aliphatic hydroxyl groups excluding tert-OH is 1. The van der Waals surface area contributed by atoms with Gasteiger partial charge in [0.1, 0.15) is 43.3 Å². The minimum absolute atomic E-state index is 0.152. The number of hydrazine groups is 1. The molecule has 2 saturated heterocycles. The molecule has 2 heterocycles. The number of aliphatic carboxylic acids is 1. The molecule has 2 fully saturated rings.